The number of imidazole rings is 1. The van der Waals surface area contributed by atoms with Gasteiger partial charge in [-0.3, -0.25) is 19.3 Å². The van der Waals surface area contributed by atoms with Crippen molar-refractivity contribution in [1.82, 2.24) is 19.0 Å². The van der Waals surface area contributed by atoms with Gasteiger partial charge in [0, 0.05) is 11.6 Å². The van der Waals surface area contributed by atoms with Crippen LogP contribution in [0, 0.1) is 0 Å². The van der Waals surface area contributed by atoms with Gasteiger partial charge >= 0.3 is 0 Å². The summed E-state index contributed by atoms with van der Waals surface area (Å²) in [5.41, 5.74) is 0. The molecule has 0 unspecified atom stereocenters. The molecule has 3 heterocycles. The summed E-state index contributed by atoms with van der Waals surface area (Å²) in [6.07, 6.45) is 1.51. The van der Waals surface area contributed by atoms with Crippen molar-refractivity contribution in [3.8, 4) is 0 Å². The number of amides is 2. The molecule has 0 atom stereocenters. The number of thiazole rings is 1. The Morgan fingerprint density at radius 1 is 1.30 bits per heavy atom. The minimum absolute atomic E-state index is 0.185. The number of nitrogens with one attached hydrogen (secondary N) is 1. The Labute approximate surface area is 122 Å². The number of rotatable bonds is 2. The molecule has 20 heavy (non-hydrogen) atoms. The van der Waals surface area contributed by atoms with Crippen LogP contribution in [-0.2, 0) is 19.6 Å². The minimum Gasteiger partial charge on any atom is -0.294 e. The molecule has 0 aromatic carbocycles. The summed E-state index contributed by atoms with van der Waals surface area (Å²) in [6.45, 7) is -0.858. The predicted molar refractivity (Wildman–Crippen MR) is 70.0 cm³/mol. The van der Waals surface area contributed by atoms with Crippen LogP contribution in [0.3, 0.4) is 0 Å². The number of aromatic nitrogens is 2. The zero-order valence-corrected chi connectivity index (χ0v) is 12.1. The molecule has 2 aromatic heterocycles. The first-order valence-electron chi connectivity index (χ1n) is 5.33. The first kappa shape index (κ1) is 13.5. The van der Waals surface area contributed by atoms with Crippen LogP contribution in [0.5, 0.6) is 0 Å². The van der Waals surface area contributed by atoms with E-state index in [9.17, 15) is 18.0 Å². The van der Waals surface area contributed by atoms with Crippen LogP contribution < -0.4 is 5.32 Å². The molecule has 0 radical (unpaired) electrons. The number of sulfonamides is 1. The molecule has 2 amide bonds. The van der Waals surface area contributed by atoms with Crippen molar-refractivity contribution < 1.29 is 18.0 Å². The van der Waals surface area contributed by atoms with E-state index in [1.165, 1.54) is 21.9 Å². The zero-order chi connectivity index (χ0) is 14.5. The molecule has 0 aliphatic carbocycles. The Kier molecular flexibility index (Phi) is 3.05. The monoisotopic (exact) mass is 334 g/mol. The van der Waals surface area contributed by atoms with Gasteiger partial charge < -0.3 is 0 Å². The van der Waals surface area contributed by atoms with Crippen molar-refractivity contribution >= 4 is 49.7 Å². The molecule has 0 bridgehead atoms. The van der Waals surface area contributed by atoms with E-state index < -0.39 is 34.9 Å². The van der Waals surface area contributed by atoms with Crippen molar-refractivity contribution in [2.45, 2.75) is 5.03 Å². The third-order valence-electron chi connectivity index (χ3n) is 2.68. The topological polar surface area (TPSA) is 101 Å². The van der Waals surface area contributed by atoms with E-state index in [2.05, 4.69) is 4.98 Å². The first-order valence-corrected chi connectivity index (χ1v) is 8.03. The average Bonchev–Trinajstić information content (AvgIpc) is 2.86. The number of fused-ring (bicyclic) bond motifs is 1. The van der Waals surface area contributed by atoms with Crippen LogP contribution in [0.25, 0.3) is 4.96 Å². The van der Waals surface area contributed by atoms with Gasteiger partial charge in [0.2, 0.25) is 11.8 Å². The Morgan fingerprint density at radius 2 is 1.95 bits per heavy atom. The maximum Gasteiger partial charge on any atom is 0.263 e. The van der Waals surface area contributed by atoms with E-state index in [1.807, 2.05) is 5.32 Å². The van der Waals surface area contributed by atoms with Gasteiger partial charge in [-0.15, -0.1) is 11.3 Å². The summed E-state index contributed by atoms with van der Waals surface area (Å²) in [5, 5.41) is 3.27. The van der Waals surface area contributed by atoms with E-state index in [-0.39, 0.29) is 10.2 Å². The molecule has 1 fully saturated rings. The second-order valence-corrected chi connectivity index (χ2v) is 7.09. The molecule has 106 valence electrons. The number of imide groups is 1. The summed E-state index contributed by atoms with van der Waals surface area (Å²) in [4.78, 5) is 27.0. The van der Waals surface area contributed by atoms with Crippen molar-refractivity contribution in [3.63, 3.8) is 0 Å². The Bertz CT molecular complexity index is 808. The van der Waals surface area contributed by atoms with Gasteiger partial charge in [-0.05, 0) is 0 Å². The summed E-state index contributed by atoms with van der Waals surface area (Å²) in [5.74, 6) is -1.35. The lowest BCUT2D eigenvalue weighted by Crippen LogP contribution is -2.53. The normalized spacial score (nSPS) is 17.6. The lowest BCUT2D eigenvalue weighted by Gasteiger charge is -2.24. The molecule has 11 heteroatoms. The van der Waals surface area contributed by atoms with Crippen molar-refractivity contribution in [1.29, 1.82) is 0 Å². The van der Waals surface area contributed by atoms with Gasteiger partial charge in [0.1, 0.15) is 0 Å². The fourth-order valence-electron chi connectivity index (χ4n) is 1.87. The van der Waals surface area contributed by atoms with Gasteiger partial charge in [0.25, 0.3) is 10.0 Å². The maximum absolute atomic E-state index is 12.5. The number of piperazine rings is 1. The minimum atomic E-state index is -4.08. The van der Waals surface area contributed by atoms with Gasteiger partial charge in [-0.2, -0.15) is 4.31 Å². The molecule has 1 aliphatic heterocycles. The number of carbonyl (C=O) groups is 2. The highest BCUT2D eigenvalue weighted by atomic mass is 35.5. The lowest BCUT2D eigenvalue weighted by atomic mass is 10.4. The summed E-state index contributed by atoms with van der Waals surface area (Å²) >= 11 is 7.09. The second kappa shape index (κ2) is 4.52. The smallest absolute Gasteiger partial charge is 0.263 e. The van der Waals surface area contributed by atoms with E-state index >= 15 is 0 Å². The molecule has 0 saturated carbocycles. The van der Waals surface area contributed by atoms with E-state index in [0.717, 1.165) is 4.31 Å². The number of hydrogen-bond acceptors (Lipinski definition) is 6. The third-order valence-corrected chi connectivity index (χ3v) is 5.63. The average molecular weight is 335 g/mol. The Hall–Kier alpha value is -1.49. The lowest BCUT2D eigenvalue weighted by molar-refractivity contribution is -0.134. The van der Waals surface area contributed by atoms with Crippen molar-refractivity contribution in [3.05, 3.63) is 16.7 Å². The van der Waals surface area contributed by atoms with Crippen LogP contribution in [-0.4, -0.2) is 47.0 Å². The fourth-order valence-corrected chi connectivity index (χ4v) is 4.63. The van der Waals surface area contributed by atoms with Gasteiger partial charge in [-0.25, -0.2) is 13.4 Å². The number of halogens is 1. The van der Waals surface area contributed by atoms with E-state index in [0.29, 0.717) is 4.96 Å². The highest BCUT2D eigenvalue weighted by molar-refractivity contribution is 7.89. The summed E-state index contributed by atoms with van der Waals surface area (Å²) < 4.78 is 27.1. The first-order chi connectivity index (χ1) is 9.39. The largest absolute Gasteiger partial charge is 0.294 e. The standard InChI is InChI=1S/C9H7ClN4O4S2/c10-7-8(14-1-2-19-9(14)12-7)20(17,18)13-3-5(15)11-6(16)4-13/h1-2H,3-4H2,(H,11,15,16). The zero-order valence-electron chi connectivity index (χ0n) is 9.74. The molecule has 1 N–H and O–H groups in total. The Morgan fingerprint density at radius 3 is 2.60 bits per heavy atom. The predicted octanol–water partition coefficient (Wildman–Crippen LogP) is -0.304. The van der Waals surface area contributed by atoms with Crippen LogP contribution in [0.1, 0.15) is 0 Å². The number of hydrogen-bond donors (Lipinski definition) is 1. The van der Waals surface area contributed by atoms with Crippen LogP contribution >= 0.6 is 22.9 Å². The van der Waals surface area contributed by atoms with Crippen LogP contribution in [0.4, 0.5) is 0 Å². The van der Waals surface area contributed by atoms with Crippen LogP contribution in [0.2, 0.25) is 5.15 Å². The SMILES string of the molecule is O=C1CN(S(=O)(=O)c2c(Cl)nc3sccn23)CC(=O)N1. The Balaban J connectivity index is 2.12. The fraction of sp³-hybridized carbons (Fsp3) is 0.222. The molecule has 3 rings (SSSR count). The van der Waals surface area contributed by atoms with Gasteiger partial charge in [0.15, 0.2) is 15.1 Å². The van der Waals surface area contributed by atoms with Gasteiger partial charge in [0.05, 0.1) is 13.1 Å². The highest BCUT2D eigenvalue weighted by Gasteiger charge is 2.36. The maximum atomic E-state index is 12.5. The number of carbonyl (C=O) groups excluding carboxylic acids is 2. The third kappa shape index (κ3) is 2.00. The summed E-state index contributed by atoms with van der Waals surface area (Å²) in [6, 6.07) is 0. The van der Waals surface area contributed by atoms with E-state index in [4.69, 9.17) is 11.6 Å². The number of nitrogens with zero attached hydrogens (tertiary/aromatic N) is 3. The highest BCUT2D eigenvalue weighted by Crippen LogP contribution is 2.28. The van der Waals surface area contributed by atoms with Crippen molar-refractivity contribution in [2.24, 2.45) is 0 Å². The molecule has 0 spiro atoms. The molecule has 2 aromatic rings. The quantitative estimate of drug-likeness (QED) is 0.760. The molecular formula is C9H7ClN4O4S2. The van der Waals surface area contributed by atoms with E-state index in [1.54, 1.807) is 5.38 Å². The second-order valence-electron chi connectivity index (χ2n) is 4.01. The molecule has 1 saturated heterocycles. The molecular weight excluding hydrogens is 328 g/mol. The summed E-state index contributed by atoms with van der Waals surface area (Å²) in [7, 11) is -4.08. The van der Waals surface area contributed by atoms with Gasteiger partial charge in [-0.1, -0.05) is 11.6 Å². The molecule has 8 nitrogen and oxygen atoms in total. The van der Waals surface area contributed by atoms with Crippen molar-refractivity contribution in [2.75, 3.05) is 13.1 Å². The molecule has 1 aliphatic rings. The van der Waals surface area contributed by atoms with Crippen LogP contribution in [0.15, 0.2) is 16.6 Å².